The van der Waals surface area contributed by atoms with Crippen molar-refractivity contribution in [3.63, 3.8) is 0 Å². The van der Waals surface area contributed by atoms with Crippen molar-refractivity contribution >= 4 is 62.6 Å². The predicted molar refractivity (Wildman–Crippen MR) is 233 cm³/mol. The third-order valence-electron chi connectivity index (χ3n) is 11.5. The number of hydrogen-bond donors (Lipinski definition) is 1. The number of anilines is 1. The molecule has 0 aliphatic carbocycles. The van der Waals surface area contributed by atoms with E-state index in [1.807, 2.05) is 94.9 Å². The summed E-state index contributed by atoms with van der Waals surface area (Å²) < 4.78 is 17.8. The van der Waals surface area contributed by atoms with Gasteiger partial charge in [-0.1, -0.05) is 29.3 Å². The fraction of sp³-hybridized carbons (Fsp3) is 0.304. The molecule has 1 amide bonds. The topological polar surface area (TPSA) is 117 Å². The average molecular weight is 834 g/mol. The van der Waals surface area contributed by atoms with Crippen molar-refractivity contribution in [3.8, 4) is 22.6 Å². The van der Waals surface area contributed by atoms with Crippen molar-refractivity contribution in [2.75, 3.05) is 25.2 Å². The van der Waals surface area contributed by atoms with Gasteiger partial charge >= 0.3 is 5.97 Å². The Kier molecular flexibility index (Phi) is 10.5. The van der Waals surface area contributed by atoms with E-state index < -0.39 is 5.97 Å². The number of carbonyl (C=O) groups is 2. The van der Waals surface area contributed by atoms with Crippen LogP contribution in [0.25, 0.3) is 32.9 Å². The first kappa shape index (κ1) is 40.0. The quantitative estimate of drug-likeness (QED) is 0.129. The molecule has 3 aromatic carbocycles. The summed E-state index contributed by atoms with van der Waals surface area (Å²) in [4.78, 5) is 34.7. The Morgan fingerprint density at radius 3 is 2.36 bits per heavy atom. The molecule has 1 N–H and O–H groups in total. The summed E-state index contributed by atoms with van der Waals surface area (Å²) in [6.45, 7) is 12.9. The number of ether oxygens (including phenoxy) is 2. The van der Waals surface area contributed by atoms with Crippen molar-refractivity contribution in [1.82, 2.24) is 23.9 Å². The number of aryl methyl sites for hydroxylation is 6. The number of fused-ring (bicyclic) bond motifs is 4. The van der Waals surface area contributed by atoms with E-state index >= 15 is 4.79 Å². The summed E-state index contributed by atoms with van der Waals surface area (Å²) in [6, 6.07) is 16.7. The van der Waals surface area contributed by atoms with Gasteiger partial charge in [-0.25, -0.2) is 4.79 Å². The van der Waals surface area contributed by atoms with Gasteiger partial charge in [-0.05, 0) is 119 Å². The van der Waals surface area contributed by atoms with E-state index in [0.717, 1.165) is 66.4 Å². The van der Waals surface area contributed by atoms with Gasteiger partial charge < -0.3 is 28.6 Å². The molecular formula is C46H46Cl2N6O5. The first-order chi connectivity index (χ1) is 28.2. The molecule has 0 radical (unpaired) electrons. The monoisotopic (exact) mass is 832 g/mol. The van der Waals surface area contributed by atoms with E-state index in [2.05, 4.69) is 16.5 Å². The maximum absolute atomic E-state index is 15.5. The first-order valence-corrected chi connectivity index (χ1v) is 20.4. The highest BCUT2D eigenvalue weighted by Crippen LogP contribution is 2.46. The van der Waals surface area contributed by atoms with Crippen molar-refractivity contribution in [2.24, 2.45) is 7.05 Å². The zero-order valence-corrected chi connectivity index (χ0v) is 35.9. The van der Waals surface area contributed by atoms with Gasteiger partial charge in [-0.15, -0.1) is 0 Å². The zero-order valence-electron chi connectivity index (χ0n) is 34.4. The van der Waals surface area contributed by atoms with Crippen LogP contribution in [0.1, 0.15) is 79.7 Å². The number of carboxylic acids is 1. The minimum atomic E-state index is -1.09. The summed E-state index contributed by atoms with van der Waals surface area (Å²) in [5.41, 5.74) is 10.7. The molecule has 59 heavy (non-hydrogen) atoms. The molecule has 304 valence electrons. The lowest BCUT2D eigenvalue weighted by molar-refractivity contribution is 0.0686. The predicted octanol–water partition coefficient (Wildman–Crippen LogP) is 10.2. The Morgan fingerprint density at radius 2 is 1.69 bits per heavy atom. The van der Waals surface area contributed by atoms with Gasteiger partial charge in [0.25, 0.3) is 5.91 Å². The van der Waals surface area contributed by atoms with Crippen LogP contribution < -0.4 is 14.4 Å². The smallest absolute Gasteiger partial charge is 0.352 e. The number of aromatic carboxylic acids is 1. The van der Waals surface area contributed by atoms with Crippen LogP contribution in [0.5, 0.6) is 11.5 Å². The Hall–Kier alpha value is -5.78. The number of aromatic nitrogens is 5. The third-order valence-corrected chi connectivity index (χ3v) is 12.5. The van der Waals surface area contributed by atoms with Gasteiger partial charge in [-0.2, -0.15) is 5.10 Å². The number of hydrogen-bond acceptors (Lipinski definition) is 6. The molecule has 7 aromatic rings. The molecule has 0 unspecified atom stereocenters. The number of halogens is 2. The lowest BCUT2D eigenvalue weighted by atomic mass is 9.98. The Balaban J connectivity index is 1.31. The van der Waals surface area contributed by atoms with Crippen LogP contribution in [0, 0.1) is 34.6 Å². The normalized spacial score (nSPS) is 14.1. The second kappa shape index (κ2) is 15.4. The number of carboxylic acid groups (broad SMARTS) is 1. The molecule has 13 heteroatoms. The minimum Gasteiger partial charge on any atom is -0.497 e. The average Bonchev–Trinajstić information content (AvgIpc) is 3.81. The molecule has 8 rings (SSSR count). The van der Waals surface area contributed by atoms with E-state index in [4.69, 9.17) is 37.8 Å². The van der Waals surface area contributed by atoms with Crippen LogP contribution in [0.4, 0.5) is 5.69 Å². The number of methoxy groups -OCH3 is 1. The Morgan fingerprint density at radius 1 is 0.949 bits per heavy atom. The SMILES string of the molecule is COc1cc(N2C[C@@H](C)n3c(c(CCCOc4cc(C)c(Cl)c(C)c4)c4ccc(Cl)c(-c5c(C)nn(C)c5C)c43)C2=O)c2c(c1)cc(C(=O)O)n2Cc1cc(C)ccn1. The summed E-state index contributed by atoms with van der Waals surface area (Å²) in [7, 11) is 3.48. The standard InChI is InChI=1S/C46H46Cl2N6O5/c1-24-13-14-49-31(16-24)23-52-38(46(56)57)20-30-19-32(58-8)21-37(42(30)52)53-22-27(4)54-43-35(11-12-36(47)40(43)39-28(5)50-51(7)29(39)6)34(44(54)45(53)55)10-9-15-59-33-17-25(2)41(48)26(3)18-33/h11-14,16-21,27H,9-10,15,22-23H2,1-8H3,(H,56,57)/t27-/m1/s1. The molecule has 0 spiro atoms. The number of carbonyl (C=O) groups excluding carboxylic acids is 1. The zero-order chi connectivity index (χ0) is 42.0. The first-order valence-electron chi connectivity index (χ1n) is 19.6. The van der Waals surface area contributed by atoms with Gasteiger partial charge in [0.2, 0.25) is 0 Å². The largest absolute Gasteiger partial charge is 0.497 e. The van der Waals surface area contributed by atoms with Crippen LogP contribution in [0.2, 0.25) is 10.0 Å². The van der Waals surface area contributed by atoms with Gasteiger partial charge in [0.15, 0.2) is 0 Å². The van der Waals surface area contributed by atoms with E-state index in [-0.39, 0.29) is 24.2 Å². The molecule has 0 saturated carbocycles. The number of amides is 1. The van der Waals surface area contributed by atoms with Gasteiger partial charge in [0.05, 0.1) is 53.4 Å². The summed E-state index contributed by atoms with van der Waals surface area (Å²) >= 11 is 13.6. The van der Waals surface area contributed by atoms with Crippen LogP contribution in [0.15, 0.2) is 60.8 Å². The molecule has 0 bridgehead atoms. The second-order valence-electron chi connectivity index (χ2n) is 15.6. The molecule has 11 nitrogen and oxygen atoms in total. The fourth-order valence-corrected chi connectivity index (χ4v) is 9.17. The van der Waals surface area contributed by atoms with Gasteiger partial charge in [0, 0.05) is 64.5 Å². The maximum Gasteiger partial charge on any atom is 0.352 e. The number of pyridine rings is 1. The summed E-state index contributed by atoms with van der Waals surface area (Å²) in [6.07, 6.45) is 2.87. The van der Waals surface area contributed by atoms with Crippen molar-refractivity contribution < 1.29 is 24.2 Å². The van der Waals surface area contributed by atoms with E-state index in [1.54, 1.807) is 28.8 Å². The van der Waals surface area contributed by atoms with Crippen LogP contribution in [-0.4, -0.2) is 61.1 Å². The fourth-order valence-electron chi connectivity index (χ4n) is 8.81. The van der Waals surface area contributed by atoms with Crippen molar-refractivity contribution in [1.29, 1.82) is 0 Å². The van der Waals surface area contributed by atoms with Crippen molar-refractivity contribution in [2.45, 2.75) is 67.0 Å². The Bertz CT molecular complexity index is 2830. The molecular weight excluding hydrogens is 787 g/mol. The number of nitrogens with zero attached hydrogens (tertiary/aromatic N) is 6. The second-order valence-corrected chi connectivity index (χ2v) is 16.4. The van der Waals surface area contributed by atoms with E-state index in [9.17, 15) is 9.90 Å². The van der Waals surface area contributed by atoms with Gasteiger partial charge in [0.1, 0.15) is 22.9 Å². The lowest BCUT2D eigenvalue weighted by Crippen LogP contribution is -2.43. The highest BCUT2D eigenvalue weighted by Gasteiger charge is 2.38. The third kappa shape index (κ3) is 6.89. The van der Waals surface area contributed by atoms with Gasteiger partial charge in [-0.3, -0.25) is 14.5 Å². The van der Waals surface area contributed by atoms with Crippen molar-refractivity contribution in [3.05, 3.63) is 122 Å². The van der Waals surface area contributed by atoms with E-state index in [0.29, 0.717) is 64.7 Å². The molecule has 1 aliphatic rings. The lowest BCUT2D eigenvalue weighted by Gasteiger charge is -2.35. The maximum atomic E-state index is 15.5. The molecule has 4 aromatic heterocycles. The van der Waals surface area contributed by atoms with Crippen LogP contribution in [0.3, 0.4) is 0 Å². The molecule has 5 heterocycles. The molecule has 1 aliphatic heterocycles. The molecule has 1 atom stereocenters. The number of rotatable bonds is 11. The van der Waals surface area contributed by atoms with Crippen LogP contribution in [-0.2, 0) is 20.0 Å². The summed E-state index contributed by atoms with van der Waals surface area (Å²) in [5.74, 6) is -0.0551. The minimum absolute atomic E-state index is 0.0812. The highest BCUT2D eigenvalue weighted by atomic mass is 35.5. The van der Waals surface area contributed by atoms with E-state index in [1.165, 1.54) is 0 Å². The Labute approximate surface area is 352 Å². The summed E-state index contributed by atoms with van der Waals surface area (Å²) in [5, 5.41) is 18.1. The molecule has 0 fully saturated rings. The van der Waals surface area contributed by atoms with Crippen LogP contribution >= 0.6 is 23.2 Å². The highest BCUT2D eigenvalue weighted by molar-refractivity contribution is 6.35. The molecule has 0 saturated heterocycles. The number of benzene rings is 3.